The smallest absolute Gasteiger partial charge is 0.269 e. The van der Waals surface area contributed by atoms with Crippen molar-refractivity contribution in [3.8, 4) is 0 Å². The monoisotopic (exact) mass is 260 g/mol. The predicted octanol–water partition coefficient (Wildman–Crippen LogP) is 2.03. The minimum absolute atomic E-state index is 0. The zero-order chi connectivity index (χ0) is 12.3. The first-order valence-electron chi connectivity index (χ1n) is 4.99. The molecular weight excluding hydrogens is 244 g/mol. The third-order valence-electron chi connectivity index (χ3n) is 2.69. The highest BCUT2D eigenvalue weighted by atomic mass is 35.5. The molecule has 1 rings (SSSR count). The SMILES string of the molecule is CC(C)(CO)[C@@H](N)c1cccc([N+](=O)[O-])c1.Cl. The maximum absolute atomic E-state index is 10.6. The second-order valence-electron chi connectivity index (χ2n) is 4.48. The molecule has 0 fully saturated rings. The fraction of sp³-hybridized carbons (Fsp3) is 0.455. The summed E-state index contributed by atoms with van der Waals surface area (Å²) in [5, 5.41) is 19.8. The Bertz CT molecular complexity index is 396. The van der Waals surface area contributed by atoms with Crippen molar-refractivity contribution in [2.45, 2.75) is 19.9 Å². The summed E-state index contributed by atoms with van der Waals surface area (Å²) in [6.45, 7) is 3.56. The Morgan fingerprint density at radius 3 is 2.59 bits per heavy atom. The van der Waals surface area contributed by atoms with Crippen molar-refractivity contribution in [1.29, 1.82) is 0 Å². The van der Waals surface area contributed by atoms with Crippen LogP contribution in [0.5, 0.6) is 0 Å². The quantitative estimate of drug-likeness (QED) is 0.640. The van der Waals surface area contributed by atoms with Gasteiger partial charge < -0.3 is 10.8 Å². The number of aliphatic hydroxyl groups is 1. The largest absolute Gasteiger partial charge is 0.396 e. The van der Waals surface area contributed by atoms with E-state index in [1.165, 1.54) is 12.1 Å². The Hall–Kier alpha value is -1.17. The van der Waals surface area contributed by atoms with Gasteiger partial charge in [-0.15, -0.1) is 12.4 Å². The van der Waals surface area contributed by atoms with Gasteiger partial charge in [-0.05, 0) is 5.56 Å². The van der Waals surface area contributed by atoms with Gasteiger partial charge in [0.25, 0.3) is 5.69 Å². The van der Waals surface area contributed by atoms with E-state index in [2.05, 4.69) is 0 Å². The molecule has 5 nitrogen and oxygen atoms in total. The van der Waals surface area contributed by atoms with Crippen LogP contribution in [0.25, 0.3) is 0 Å². The molecule has 0 aliphatic rings. The molecule has 0 aromatic heterocycles. The van der Waals surface area contributed by atoms with Gasteiger partial charge in [0.1, 0.15) is 0 Å². The lowest BCUT2D eigenvalue weighted by atomic mass is 9.82. The number of hydrogen-bond acceptors (Lipinski definition) is 4. The molecule has 1 atom stereocenters. The van der Waals surface area contributed by atoms with Gasteiger partial charge in [0, 0.05) is 30.2 Å². The minimum atomic E-state index is -0.505. The maximum atomic E-state index is 10.6. The highest BCUT2D eigenvalue weighted by Gasteiger charge is 2.27. The number of hydrogen-bond donors (Lipinski definition) is 2. The Balaban J connectivity index is 0.00000256. The second kappa shape index (κ2) is 5.95. The maximum Gasteiger partial charge on any atom is 0.269 e. The molecular formula is C11H17ClN2O3. The van der Waals surface area contributed by atoms with E-state index in [0.717, 1.165) is 0 Å². The van der Waals surface area contributed by atoms with Crippen molar-refractivity contribution in [2.75, 3.05) is 6.61 Å². The molecule has 1 aromatic rings. The molecule has 1 aromatic carbocycles. The fourth-order valence-corrected chi connectivity index (χ4v) is 1.38. The van der Waals surface area contributed by atoms with Gasteiger partial charge in [0.05, 0.1) is 4.92 Å². The number of benzene rings is 1. The van der Waals surface area contributed by atoms with Gasteiger partial charge in [-0.25, -0.2) is 0 Å². The van der Waals surface area contributed by atoms with E-state index < -0.39 is 16.4 Å². The number of rotatable bonds is 4. The number of nitrogens with zero attached hydrogens (tertiary/aromatic N) is 1. The Kier molecular flexibility index (Phi) is 5.54. The van der Waals surface area contributed by atoms with Crippen LogP contribution in [-0.2, 0) is 0 Å². The van der Waals surface area contributed by atoms with Crippen LogP contribution < -0.4 is 5.73 Å². The molecule has 0 bridgehead atoms. The molecule has 0 unspecified atom stereocenters. The Morgan fingerprint density at radius 1 is 1.53 bits per heavy atom. The van der Waals surface area contributed by atoms with Gasteiger partial charge >= 0.3 is 0 Å². The third-order valence-corrected chi connectivity index (χ3v) is 2.69. The molecule has 0 radical (unpaired) electrons. The molecule has 96 valence electrons. The zero-order valence-corrected chi connectivity index (χ0v) is 10.6. The van der Waals surface area contributed by atoms with Crippen LogP contribution in [0.3, 0.4) is 0 Å². The molecule has 0 aliphatic heterocycles. The summed E-state index contributed by atoms with van der Waals surface area (Å²) in [5.74, 6) is 0. The van der Waals surface area contributed by atoms with Crippen LogP contribution in [0.15, 0.2) is 24.3 Å². The van der Waals surface area contributed by atoms with Crippen LogP contribution in [-0.4, -0.2) is 16.6 Å². The first-order chi connectivity index (χ1) is 7.38. The summed E-state index contributed by atoms with van der Waals surface area (Å²) in [5.41, 5.74) is 6.14. The van der Waals surface area contributed by atoms with Crippen LogP contribution >= 0.6 is 12.4 Å². The van der Waals surface area contributed by atoms with Gasteiger partial charge in [0.2, 0.25) is 0 Å². The lowest BCUT2D eigenvalue weighted by Gasteiger charge is -2.29. The minimum Gasteiger partial charge on any atom is -0.396 e. The molecule has 0 aliphatic carbocycles. The van der Waals surface area contributed by atoms with Crippen LogP contribution in [0.1, 0.15) is 25.5 Å². The third kappa shape index (κ3) is 3.66. The molecule has 0 heterocycles. The van der Waals surface area contributed by atoms with Gasteiger partial charge in [0.15, 0.2) is 0 Å². The molecule has 0 saturated heterocycles. The summed E-state index contributed by atoms with van der Waals surface area (Å²) >= 11 is 0. The second-order valence-corrected chi connectivity index (χ2v) is 4.48. The standard InChI is InChI=1S/C11H16N2O3.ClH/c1-11(2,7-14)10(12)8-4-3-5-9(6-8)13(15)16;/h3-6,10,14H,7,12H2,1-2H3;1H/t10-;/m0./s1. The van der Waals surface area contributed by atoms with Crippen LogP contribution in [0.2, 0.25) is 0 Å². The molecule has 0 spiro atoms. The summed E-state index contributed by atoms with van der Waals surface area (Å²) in [6, 6.07) is 5.76. The van der Waals surface area contributed by atoms with Crippen molar-refractivity contribution in [1.82, 2.24) is 0 Å². The zero-order valence-electron chi connectivity index (χ0n) is 9.79. The van der Waals surface area contributed by atoms with Crippen LogP contribution in [0, 0.1) is 15.5 Å². The van der Waals surface area contributed by atoms with Gasteiger partial charge in [-0.3, -0.25) is 10.1 Å². The number of aliphatic hydroxyl groups excluding tert-OH is 1. The summed E-state index contributed by atoms with van der Waals surface area (Å²) < 4.78 is 0. The molecule has 3 N–H and O–H groups in total. The van der Waals surface area contributed by atoms with E-state index >= 15 is 0 Å². The van der Waals surface area contributed by atoms with E-state index in [9.17, 15) is 15.2 Å². The Morgan fingerprint density at radius 2 is 2.12 bits per heavy atom. The number of halogens is 1. The number of non-ortho nitro benzene ring substituents is 1. The van der Waals surface area contributed by atoms with Crippen molar-refractivity contribution >= 4 is 18.1 Å². The number of nitro groups is 1. The van der Waals surface area contributed by atoms with E-state index in [-0.39, 0.29) is 24.7 Å². The van der Waals surface area contributed by atoms with E-state index in [0.29, 0.717) is 5.56 Å². The van der Waals surface area contributed by atoms with Crippen molar-refractivity contribution < 1.29 is 10.0 Å². The van der Waals surface area contributed by atoms with Crippen molar-refractivity contribution in [2.24, 2.45) is 11.1 Å². The predicted molar refractivity (Wildman–Crippen MR) is 68.1 cm³/mol. The van der Waals surface area contributed by atoms with Crippen LogP contribution in [0.4, 0.5) is 5.69 Å². The first kappa shape index (κ1) is 15.8. The van der Waals surface area contributed by atoms with Gasteiger partial charge in [-0.2, -0.15) is 0 Å². The first-order valence-corrected chi connectivity index (χ1v) is 4.99. The average molecular weight is 261 g/mol. The summed E-state index contributed by atoms with van der Waals surface area (Å²) in [6.07, 6.45) is 0. The highest BCUT2D eigenvalue weighted by Crippen LogP contribution is 2.31. The van der Waals surface area contributed by atoms with E-state index in [1.54, 1.807) is 12.1 Å². The normalized spacial score (nSPS) is 12.7. The number of nitrogens with two attached hydrogens (primary N) is 1. The topological polar surface area (TPSA) is 89.4 Å². The lowest BCUT2D eigenvalue weighted by molar-refractivity contribution is -0.384. The molecule has 0 amide bonds. The lowest BCUT2D eigenvalue weighted by Crippen LogP contribution is -2.32. The highest BCUT2D eigenvalue weighted by molar-refractivity contribution is 5.85. The Labute approximate surface area is 106 Å². The molecule has 17 heavy (non-hydrogen) atoms. The van der Waals surface area contributed by atoms with Crippen molar-refractivity contribution in [3.63, 3.8) is 0 Å². The summed E-state index contributed by atoms with van der Waals surface area (Å²) in [7, 11) is 0. The van der Waals surface area contributed by atoms with E-state index in [4.69, 9.17) is 5.73 Å². The summed E-state index contributed by atoms with van der Waals surface area (Å²) in [4.78, 5) is 10.2. The average Bonchev–Trinajstić information content (AvgIpc) is 2.28. The number of nitro benzene ring substituents is 1. The molecule has 0 saturated carbocycles. The van der Waals surface area contributed by atoms with E-state index in [1.807, 2.05) is 13.8 Å². The van der Waals surface area contributed by atoms with Gasteiger partial charge in [-0.1, -0.05) is 26.0 Å². The van der Waals surface area contributed by atoms with Crippen molar-refractivity contribution in [3.05, 3.63) is 39.9 Å². The molecule has 6 heteroatoms. The fourth-order valence-electron chi connectivity index (χ4n) is 1.38.